The number of nitrogens with zero attached hydrogens (tertiary/aromatic N) is 3. The minimum absolute atomic E-state index is 0.0359. The summed E-state index contributed by atoms with van der Waals surface area (Å²) in [6, 6.07) is 10.9. The zero-order valence-corrected chi connectivity index (χ0v) is 37.3. The number of aryl methyl sites for hydroxylation is 2. The van der Waals surface area contributed by atoms with Crippen molar-refractivity contribution in [2.24, 2.45) is 5.73 Å². The van der Waals surface area contributed by atoms with Crippen molar-refractivity contribution in [2.45, 2.75) is 134 Å². The number of Topliss-reactive ketones (excluding diaryl/α,β-unsaturated/α-hetero) is 1. The highest BCUT2D eigenvalue weighted by Gasteiger charge is 2.74. The fourth-order valence-corrected chi connectivity index (χ4v) is 9.98. The van der Waals surface area contributed by atoms with Crippen LogP contribution >= 0.6 is 0 Å². The molecule has 0 bridgehead atoms. The van der Waals surface area contributed by atoms with E-state index in [-0.39, 0.29) is 60.6 Å². The maximum absolute atomic E-state index is 14.1. The summed E-state index contributed by atoms with van der Waals surface area (Å²) in [6.07, 6.45) is 2.57. The second-order valence-electron chi connectivity index (χ2n) is 18.9. The third kappa shape index (κ3) is 7.62. The highest BCUT2D eigenvalue weighted by Crippen LogP contribution is 2.51. The van der Waals surface area contributed by atoms with Crippen molar-refractivity contribution in [1.82, 2.24) is 25.1 Å². The van der Waals surface area contributed by atoms with E-state index in [1.165, 1.54) is 4.90 Å². The molecule has 3 amide bonds. The summed E-state index contributed by atoms with van der Waals surface area (Å²) in [5.41, 5.74) is 9.89. The molecule has 5 aliphatic rings. The fraction of sp³-hybridized carbons (Fsp3) is 0.479. The van der Waals surface area contributed by atoms with Crippen LogP contribution in [0.25, 0.3) is 22.3 Å². The molecule has 1 saturated heterocycles. The van der Waals surface area contributed by atoms with Gasteiger partial charge in [0.05, 0.1) is 35.1 Å². The minimum Gasteiger partial charge on any atom is -0.458 e. The van der Waals surface area contributed by atoms with Crippen molar-refractivity contribution in [3.05, 3.63) is 91.8 Å². The van der Waals surface area contributed by atoms with E-state index in [9.17, 15) is 33.9 Å². The number of benzene rings is 2. The summed E-state index contributed by atoms with van der Waals surface area (Å²) in [5, 5.41) is 21.6. The van der Waals surface area contributed by atoms with Gasteiger partial charge in [-0.1, -0.05) is 25.1 Å². The monoisotopic (exact) mass is 889 g/mol. The van der Waals surface area contributed by atoms with E-state index in [4.69, 9.17) is 24.9 Å². The Morgan fingerprint density at radius 1 is 1.06 bits per heavy atom. The number of fused-ring (bicyclic) bond motifs is 5. The van der Waals surface area contributed by atoms with Gasteiger partial charge in [-0.15, -0.1) is 0 Å². The minimum atomic E-state index is -1.95. The Balaban J connectivity index is 0.840. The van der Waals surface area contributed by atoms with Gasteiger partial charge in [-0.3, -0.25) is 24.6 Å². The van der Waals surface area contributed by atoms with Crippen molar-refractivity contribution >= 4 is 46.4 Å². The number of nitrogens with two attached hydrogens (primary N) is 1. The number of nitrogens with one attached hydrogen (secondary N) is 3. The summed E-state index contributed by atoms with van der Waals surface area (Å²) in [5.74, 6) is -1.20. The van der Waals surface area contributed by atoms with Gasteiger partial charge in [0.1, 0.15) is 30.4 Å². The second-order valence-corrected chi connectivity index (χ2v) is 18.9. The van der Waals surface area contributed by atoms with Crippen LogP contribution in [0.2, 0.25) is 0 Å². The smallest absolute Gasteiger partial charge is 0.411 e. The first-order valence-corrected chi connectivity index (χ1v) is 22.4. The van der Waals surface area contributed by atoms with E-state index in [1.807, 2.05) is 12.1 Å². The number of hydrogen-bond acceptors (Lipinski definition) is 13. The van der Waals surface area contributed by atoms with Crippen LogP contribution in [-0.4, -0.2) is 85.7 Å². The van der Waals surface area contributed by atoms with Crippen LogP contribution in [-0.2, 0) is 60.4 Å². The predicted octanol–water partition coefficient (Wildman–Crippen LogP) is 4.66. The lowest BCUT2D eigenvalue weighted by atomic mass is 9.81. The van der Waals surface area contributed by atoms with Crippen molar-refractivity contribution in [2.75, 3.05) is 18.4 Å². The highest BCUT2D eigenvalue weighted by atomic mass is 16.6. The molecular weight excluding hydrogens is 835 g/mol. The van der Waals surface area contributed by atoms with Crippen LogP contribution < -0.4 is 27.2 Å². The lowest BCUT2D eigenvalue weighted by molar-refractivity contribution is -0.172. The number of cyclic esters (lactones) is 1. The molecule has 342 valence electrons. The first kappa shape index (κ1) is 44.1. The number of likely N-dealkylation sites (tertiary alicyclic amines) is 1. The average molecular weight is 890 g/mol. The molecule has 4 aromatic rings. The van der Waals surface area contributed by atoms with Crippen LogP contribution in [0.15, 0.2) is 47.3 Å². The maximum atomic E-state index is 14.1. The number of ketones is 1. The summed E-state index contributed by atoms with van der Waals surface area (Å²) in [6.45, 7) is 9.85. The van der Waals surface area contributed by atoms with E-state index < -0.39 is 47.0 Å². The highest BCUT2D eigenvalue weighted by molar-refractivity contribution is 6.15. The quantitative estimate of drug-likeness (QED) is 0.0653. The van der Waals surface area contributed by atoms with Crippen molar-refractivity contribution in [3.8, 4) is 11.4 Å². The van der Waals surface area contributed by atoms with Gasteiger partial charge in [0, 0.05) is 41.3 Å². The largest absolute Gasteiger partial charge is 0.458 e. The number of unbranched alkanes of at least 4 members (excludes halogenated alkanes) is 1. The first-order chi connectivity index (χ1) is 30.9. The number of aliphatic hydroxyl groups is 1. The predicted molar refractivity (Wildman–Crippen MR) is 238 cm³/mol. The first-order valence-electron chi connectivity index (χ1n) is 22.4. The lowest BCUT2D eigenvalue weighted by Gasteiger charge is -2.40. The lowest BCUT2D eigenvalue weighted by Crippen LogP contribution is -2.58. The van der Waals surface area contributed by atoms with E-state index >= 15 is 0 Å². The second kappa shape index (κ2) is 16.4. The van der Waals surface area contributed by atoms with Crippen LogP contribution in [0, 0.1) is 6.92 Å². The molecule has 2 aromatic heterocycles. The molecule has 2 aliphatic carbocycles. The normalized spacial score (nSPS) is 22.9. The van der Waals surface area contributed by atoms with E-state index in [2.05, 4.69) is 22.9 Å². The molecule has 17 nitrogen and oxygen atoms in total. The summed E-state index contributed by atoms with van der Waals surface area (Å²) in [7, 11) is 0. The standard InChI is InChI=1S/C48H55N7O10/c1-6-48(62)31-21-35-38-29(22-54(35)42(58)30(31)24-63-43(48)59)37-34(17-15-28-25(2)10-16-33(52-38)36(28)37)53-39-40(56)47(39)18-20-55(47)45(61)64-23-26-11-13-27(14-12-26)51-41(57)32(49)9-7-8-19-50-44(60)65-46(3,4)5/h10-14,16,21,32,34,39,53,62H,6-9,15,17-20,22-24,49H2,1-5H3,(H,50,60)(H,51,57)/t32-,34+,39?,47?,48+/m0/s1. The fourth-order valence-electron chi connectivity index (χ4n) is 9.98. The van der Waals surface area contributed by atoms with Gasteiger partial charge in [-0.2, -0.15) is 0 Å². The van der Waals surface area contributed by atoms with Gasteiger partial charge in [0.15, 0.2) is 11.4 Å². The molecule has 5 heterocycles. The van der Waals surface area contributed by atoms with Gasteiger partial charge in [-0.05, 0) is 119 Å². The number of aromatic nitrogens is 2. The van der Waals surface area contributed by atoms with Crippen molar-refractivity contribution < 1.29 is 43.3 Å². The molecule has 17 heteroatoms. The van der Waals surface area contributed by atoms with Gasteiger partial charge in [-0.25, -0.2) is 19.4 Å². The average Bonchev–Trinajstić information content (AvgIpc) is 3.69. The molecule has 9 rings (SSSR count). The Labute approximate surface area is 375 Å². The number of esters is 1. The van der Waals surface area contributed by atoms with Crippen LogP contribution in [0.3, 0.4) is 0 Å². The third-order valence-electron chi connectivity index (χ3n) is 13.7. The third-order valence-corrected chi connectivity index (χ3v) is 13.7. The topological polar surface area (TPSA) is 234 Å². The van der Waals surface area contributed by atoms with Crippen molar-refractivity contribution in [3.63, 3.8) is 0 Å². The van der Waals surface area contributed by atoms with Crippen molar-refractivity contribution in [1.29, 1.82) is 0 Å². The Bertz CT molecular complexity index is 2730. The zero-order chi connectivity index (χ0) is 46.2. The van der Waals surface area contributed by atoms with Crippen LogP contribution in [0.5, 0.6) is 0 Å². The Morgan fingerprint density at radius 3 is 2.54 bits per heavy atom. The van der Waals surface area contributed by atoms with Gasteiger partial charge in [0.2, 0.25) is 5.91 Å². The summed E-state index contributed by atoms with van der Waals surface area (Å²) in [4.78, 5) is 85.3. The molecule has 2 fully saturated rings. The number of amides is 3. The van der Waals surface area contributed by atoms with Crippen LogP contribution in [0.4, 0.5) is 15.3 Å². The number of carbonyl (C=O) groups excluding carboxylic acids is 5. The number of ether oxygens (including phenoxy) is 3. The van der Waals surface area contributed by atoms with Crippen LogP contribution in [0.1, 0.15) is 111 Å². The molecule has 0 radical (unpaired) electrons. The summed E-state index contributed by atoms with van der Waals surface area (Å²) >= 11 is 0. The summed E-state index contributed by atoms with van der Waals surface area (Å²) < 4.78 is 17.8. The van der Waals surface area contributed by atoms with Gasteiger partial charge < -0.3 is 40.3 Å². The number of carbonyl (C=O) groups is 5. The molecule has 6 N–H and O–H groups in total. The number of rotatable bonds is 12. The number of alkyl carbamates (subject to hydrolysis) is 1. The number of anilines is 1. The number of pyridine rings is 2. The molecular formula is C48H55N7O10. The van der Waals surface area contributed by atoms with E-state index in [1.54, 1.807) is 62.6 Å². The molecule has 5 atom stereocenters. The SMILES string of the molecule is CC[C@]1(O)C(=O)OCc2c1cc1n(c2=O)Cc2c-1nc1ccc(C)c3c1c2[C@H](NC1C(=O)C12CCN2C(=O)OCc1ccc(NC(=O)[C@@H](N)CCCCNC(=O)OC(C)(C)C)cc1)CC3. The molecule has 65 heavy (non-hydrogen) atoms. The molecule has 2 aromatic carbocycles. The molecule has 1 spiro atoms. The van der Waals surface area contributed by atoms with E-state index in [0.717, 1.165) is 39.6 Å². The van der Waals surface area contributed by atoms with Gasteiger partial charge in [0.25, 0.3) is 5.56 Å². The maximum Gasteiger partial charge on any atom is 0.411 e. The Hall–Kier alpha value is -6.17. The van der Waals surface area contributed by atoms with E-state index in [0.29, 0.717) is 67.8 Å². The zero-order valence-electron chi connectivity index (χ0n) is 37.3. The Kier molecular flexibility index (Phi) is 11.1. The molecule has 1 saturated carbocycles. The van der Waals surface area contributed by atoms with Gasteiger partial charge >= 0.3 is 18.2 Å². The molecule has 3 aliphatic heterocycles. The molecule has 2 unspecified atom stereocenters. The Morgan fingerprint density at radius 2 is 1.83 bits per heavy atom. The number of hydrogen-bond donors (Lipinski definition) is 5.